The molecule has 2 aromatic rings. The van der Waals surface area contributed by atoms with E-state index < -0.39 is 11.9 Å². The number of nitrogens with zero attached hydrogens (tertiary/aromatic N) is 1. The van der Waals surface area contributed by atoms with Crippen molar-refractivity contribution in [1.29, 1.82) is 5.26 Å². The van der Waals surface area contributed by atoms with E-state index in [4.69, 9.17) is 27.9 Å². The molecule has 2 aromatic carbocycles. The SMILES string of the molecule is CC1=C(C#N)C(c2cccc(Cl)c2Cl)C(C(=O)OCc2ccccc2)=C(C)N1. The third kappa shape index (κ3) is 3.91. The van der Waals surface area contributed by atoms with E-state index in [2.05, 4.69) is 11.4 Å². The molecule has 0 saturated heterocycles. The number of dihydropyridines is 1. The Morgan fingerprint density at radius 1 is 1.11 bits per heavy atom. The van der Waals surface area contributed by atoms with Crippen LogP contribution in [0.15, 0.2) is 71.1 Å². The standard InChI is InChI=1S/C22H18Cl2N2O2/c1-13-17(11-25)20(16-9-6-10-18(23)21(16)24)19(14(2)26-13)22(27)28-12-15-7-4-3-5-8-15/h3-10,20,26H,12H2,1-2H3. The molecule has 4 nitrogen and oxygen atoms in total. The largest absolute Gasteiger partial charge is 0.457 e. The number of rotatable bonds is 4. The van der Waals surface area contributed by atoms with Crippen LogP contribution in [0, 0.1) is 11.3 Å². The van der Waals surface area contributed by atoms with Crippen molar-refractivity contribution in [2.75, 3.05) is 0 Å². The van der Waals surface area contributed by atoms with E-state index in [0.717, 1.165) is 5.56 Å². The Labute approximate surface area is 174 Å². The Hall–Kier alpha value is -2.74. The molecule has 0 radical (unpaired) electrons. The molecule has 0 fully saturated rings. The molecule has 0 bridgehead atoms. The maximum atomic E-state index is 13.0. The first-order valence-electron chi connectivity index (χ1n) is 8.67. The van der Waals surface area contributed by atoms with Gasteiger partial charge in [-0.05, 0) is 31.0 Å². The van der Waals surface area contributed by atoms with Crippen LogP contribution in [-0.4, -0.2) is 5.97 Å². The summed E-state index contributed by atoms with van der Waals surface area (Å²) in [5, 5.41) is 13.5. The predicted octanol–water partition coefficient (Wildman–Crippen LogP) is 5.50. The van der Waals surface area contributed by atoms with Crippen LogP contribution < -0.4 is 5.32 Å². The molecule has 1 aliphatic heterocycles. The topological polar surface area (TPSA) is 62.1 Å². The number of esters is 1. The molecular formula is C22H18Cl2N2O2. The van der Waals surface area contributed by atoms with Gasteiger partial charge in [0.05, 0.1) is 33.2 Å². The number of halogens is 2. The zero-order valence-corrected chi connectivity index (χ0v) is 16.9. The second-order valence-corrected chi connectivity index (χ2v) is 7.24. The Morgan fingerprint density at radius 2 is 1.82 bits per heavy atom. The molecule has 0 aromatic heterocycles. The number of carbonyl (C=O) groups excluding carboxylic acids is 1. The lowest BCUT2D eigenvalue weighted by atomic mass is 9.81. The third-order valence-corrected chi connectivity index (χ3v) is 5.44. The van der Waals surface area contributed by atoms with Crippen molar-refractivity contribution in [1.82, 2.24) is 5.32 Å². The van der Waals surface area contributed by atoms with Crippen LogP contribution in [0.1, 0.15) is 30.9 Å². The summed E-state index contributed by atoms with van der Waals surface area (Å²) in [5.74, 6) is -1.16. The smallest absolute Gasteiger partial charge is 0.337 e. The first-order valence-corrected chi connectivity index (χ1v) is 9.43. The molecule has 1 N–H and O–H groups in total. The first kappa shape index (κ1) is 20.0. The number of ether oxygens (including phenoxy) is 1. The van der Waals surface area contributed by atoms with Gasteiger partial charge in [-0.25, -0.2) is 4.79 Å². The molecule has 28 heavy (non-hydrogen) atoms. The molecule has 1 unspecified atom stereocenters. The Kier molecular flexibility index (Phi) is 6.08. The Balaban J connectivity index is 2.01. The van der Waals surface area contributed by atoms with E-state index in [1.54, 1.807) is 32.0 Å². The average molecular weight is 413 g/mol. The van der Waals surface area contributed by atoms with Crippen LogP contribution in [0.2, 0.25) is 10.0 Å². The summed E-state index contributed by atoms with van der Waals surface area (Å²) in [4.78, 5) is 13.0. The second kappa shape index (κ2) is 8.52. The molecule has 0 amide bonds. The zero-order valence-electron chi connectivity index (χ0n) is 15.4. The normalized spacial score (nSPS) is 16.5. The monoisotopic (exact) mass is 412 g/mol. The van der Waals surface area contributed by atoms with Gasteiger partial charge in [0.15, 0.2) is 0 Å². The summed E-state index contributed by atoms with van der Waals surface area (Å²) >= 11 is 12.6. The summed E-state index contributed by atoms with van der Waals surface area (Å²) in [6.45, 7) is 3.71. The molecule has 0 aliphatic carbocycles. The van der Waals surface area contributed by atoms with E-state index >= 15 is 0 Å². The quantitative estimate of drug-likeness (QED) is 0.673. The lowest BCUT2D eigenvalue weighted by Gasteiger charge is -2.29. The molecule has 6 heteroatoms. The summed E-state index contributed by atoms with van der Waals surface area (Å²) in [6.07, 6.45) is 0. The lowest BCUT2D eigenvalue weighted by molar-refractivity contribution is -0.140. The Bertz CT molecular complexity index is 1020. The number of nitrogens with one attached hydrogen (secondary N) is 1. The van der Waals surface area contributed by atoms with E-state index in [0.29, 0.717) is 38.1 Å². The molecular weight excluding hydrogens is 395 g/mol. The number of hydrogen-bond acceptors (Lipinski definition) is 4. The maximum absolute atomic E-state index is 13.0. The van der Waals surface area contributed by atoms with Crippen LogP contribution in [0.5, 0.6) is 0 Å². The molecule has 3 rings (SSSR count). The molecule has 1 heterocycles. The average Bonchev–Trinajstić information content (AvgIpc) is 2.68. The van der Waals surface area contributed by atoms with Crippen molar-refractivity contribution >= 4 is 29.2 Å². The fourth-order valence-corrected chi connectivity index (χ4v) is 3.68. The van der Waals surface area contributed by atoms with Crippen molar-refractivity contribution in [2.45, 2.75) is 26.4 Å². The van der Waals surface area contributed by atoms with Crippen molar-refractivity contribution in [2.24, 2.45) is 0 Å². The van der Waals surface area contributed by atoms with Crippen molar-refractivity contribution in [3.63, 3.8) is 0 Å². The van der Waals surface area contributed by atoms with Gasteiger partial charge in [-0.3, -0.25) is 0 Å². The van der Waals surface area contributed by atoms with E-state index in [1.165, 1.54) is 0 Å². The predicted molar refractivity (Wildman–Crippen MR) is 110 cm³/mol. The fourth-order valence-electron chi connectivity index (χ4n) is 3.27. The summed E-state index contributed by atoms with van der Waals surface area (Å²) in [7, 11) is 0. The summed E-state index contributed by atoms with van der Waals surface area (Å²) in [6, 6.07) is 16.8. The highest BCUT2D eigenvalue weighted by atomic mass is 35.5. The van der Waals surface area contributed by atoms with Crippen molar-refractivity contribution in [3.8, 4) is 6.07 Å². The van der Waals surface area contributed by atoms with Crippen molar-refractivity contribution in [3.05, 3.63) is 92.2 Å². The number of nitriles is 1. The van der Waals surface area contributed by atoms with E-state index in [9.17, 15) is 10.1 Å². The van der Waals surface area contributed by atoms with Gasteiger partial charge in [-0.1, -0.05) is 65.7 Å². The number of carbonyl (C=O) groups is 1. The number of allylic oxidation sites excluding steroid dienone is 3. The minimum absolute atomic E-state index is 0.136. The minimum Gasteiger partial charge on any atom is -0.457 e. The van der Waals surface area contributed by atoms with E-state index in [-0.39, 0.29) is 6.61 Å². The Morgan fingerprint density at radius 3 is 2.50 bits per heavy atom. The van der Waals surface area contributed by atoms with Crippen molar-refractivity contribution < 1.29 is 9.53 Å². The fraction of sp³-hybridized carbons (Fsp3) is 0.182. The van der Waals surface area contributed by atoms with Gasteiger partial charge in [0.1, 0.15) is 6.61 Å². The highest BCUT2D eigenvalue weighted by molar-refractivity contribution is 6.42. The van der Waals surface area contributed by atoms with E-state index in [1.807, 2.05) is 30.3 Å². The van der Waals surface area contributed by atoms with Gasteiger partial charge >= 0.3 is 5.97 Å². The minimum atomic E-state index is -0.652. The van der Waals surface area contributed by atoms with Crippen LogP contribution in [0.25, 0.3) is 0 Å². The van der Waals surface area contributed by atoms with Crippen LogP contribution >= 0.6 is 23.2 Å². The maximum Gasteiger partial charge on any atom is 0.337 e. The van der Waals surface area contributed by atoms with Gasteiger partial charge in [-0.2, -0.15) is 5.26 Å². The first-order chi connectivity index (χ1) is 13.4. The molecule has 0 saturated carbocycles. The summed E-state index contributed by atoms with van der Waals surface area (Å²) in [5.41, 5.74) is 3.51. The second-order valence-electron chi connectivity index (χ2n) is 6.45. The van der Waals surface area contributed by atoms with Gasteiger partial charge in [-0.15, -0.1) is 0 Å². The van der Waals surface area contributed by atoms with Crippen LogP contribution in [0.3, 0.4) is 0 Å². The molecule has 1 aliphatic rings. The van der Waals surface area contributed by atoms with Crippen LogP contribution in [-0.2, 0) is 16.1 Å². The van der Waals surface area contributed by atoms with Gasteiger partial charge < -0.3 is 10.1 Å². The number of hydrogen-bond donors (Lipinski definition) is 1. The van der Waals surface area contributed by atoms with Gasteiger partial charge in [0.25, 0.3) is 0 Å². The van der Waals surface area contributed by atoms with Crippen LogP contribution in [0.4, 0.5) is 0 Å². The number of benzene rings is 2. The lowest BCUT2D eigenvalue weighted by Crippen LogP contribution is -2.28. The van der Waals surface area contributed by atoms with Gasteiger partial charge in [0, 0.05) is 11.4 Å². The zero-order chi connectivity index (χ0) is 20.3. The van der Waals surface area contributed by atoms with Gasteiger partial charge in [0.2, 0.25) is 0 Å². The highest BCUT2D eigenvalue weighted by Gasteiger charge is 2.35. The highest BCUT2D eigenvalue weighted by Crippen LogP contribution is 2.42. The summed E-state index contributed by atoms with van der Waals surface area (Å²) < 4.78 is 5.54. The molecule has 0 spiro atoms. The molecule has 1 atom stereocenters. The molecule has 142 valence electrons. The third-order valence-electron chi connectivity index (χ3n) is 4.61.